The van der Waals surface area contributed by atoms with E-state index in [1.54, 1.807) is 0 Å². The van der Waals surface area contributed by atoms with Crippen molar-refractivity contribution < 1.29 is 17.9 Å². The van der Waals surface area contributed by atoms with Gasteiger partial charge in [0, 0.05) is 13.0 Å². The lowest BCUT2D eigenvalue weighted by atomic mass is 9.91. The Morgan fingerprint density at radius 2 is 1.94 bits per heavy atom. The monoisotopic (exact) mass is 479 g/mol. The first-order chi connectivity index (χ1) is 15.5. The number of carbonyl (C=O) groups excluding carboxylic acids is 1. The average Bonchev–Trinajstić information content (AvgIpc) is 3.07. The zero-order valence-electron chi connectivity index (χ0n) is 20.5. The van der Waals surface area contributed by atoms with E-state index in [9.17, 15) is 13.2 Å². The summed E-state index contributed by atoms with van der Waals surface area (Å²) < 4.78 is 35.0. The maximum atomic E-state index is 12.9. The molecule has 3 rings (SSSR count). The number of nitrogens with zero attached hydrogens (tertiary/aromatic N) is 3. The molecule has 1 aromatic rings. The standard InChI is InChI=1S/C23H37N5O4S/c1-14(2)12-17-8-9-18(15(3)4)21(20(25-17)16(5)6)26-23(29)27-33(30,31)19-13-24-28-10-7-11-32-22(19)28/h13-17H,7-12H2,1-6H3,(H2,26,27,29). The molecule has 0 radical (unpaired) electrons. The van der Waals surface area contributed by atoms with Gasteiger partial charge in [0.25, 0.3) is 10.0 Å². The van der Waals surface area contributed by atoms with Gasteiger partial charge < -0.3 is 10.1 Å². The molecule has 33 heavy (non-hydrogen) atoms. The Bertz CT molecular complexity index is 1040. The number of amides is 2. The normalized spacial score (nSPS) is 19.3. The molecule has 0 bridgehead atoms. The van der Waals surface area contributed by atoms with E-state index in [2.05, 4.69) is 42.8 Å². The van der Waals surface area contributed by atoms with Gasteiger partial charge >= 0.3 is 6.03 Å². The van der Waals surface area contributed by atoms with Crippen LogP contribution in [-0.4, -0.2) is 42.6 Å². The number of urea groups is 1. The van der Waals surface area contributed by atoms with Gasteiger partial charge in [0.1, 0.15) is 0 Å². The summed E-state index contributed by atoms with van der Waals surface area (Å²) in [4.78, 5) is 17.8. The summed E-state index contributed by atoms with van der Waals surface area (Å²) in [5, 5.41) is 6.92. The molecule has 1 unspecified atom stereocenters. The largest absolute Gasteiger partial charge is 0.477 e. The molecule has 184 valence electrons. The fourth-order valence-electron chi connectivity index (χ4n) is 4.36. The van der Waals surface area contributed by atoms with Crippen molar-refractivity contribution in [3.63, 3.8) is 0 Å². The number of aromatic nitrogens is 2. The van der Waals surface area contributed by atoms with E-state index in [-0.39, 0.29) is 28.7 Å². The molecule has 0 saturated carbocycles. The second-order valence-electron chi connectivity index (χ2n) is 9.84. The number of ether oxygens (including phenoxy) is 1. The molecular weight excluding hydrogens is 442 g/mol. The van der Waals surface area contributed by atoms with Crippen LogP contribution in [0.5, 0.6) is 5.88 Å². The van der Waals surface area contributed by atoms with Crippen molar-refractivity contribution in [2.45, 2.75) is 84.7 Å². The Balaban J connectivity index is 1.87. The van der Waals surface area contributed by atoms with Crippen LogP contribution in [0, 0.1) is 17.8 Å². The number of carbonyl (C=O) groups is 1. The van der Waals surface area contributed by atoms with Gasteiger partial charge in [-0.2, -0.15) is 5.10 Å². The van der Waals surface area contributed by atoms with Crippen molar-refractivity contribution in [1.82, 2.24) is 19.8 Å². The van der Waals surface area contributed by atoms with Gasteiger partial charge in [0.15, 0.2) is 4.90 Å². The summed E-state index contributed by atoms with van der Waals surface area (Å²) in [6.45, 7) is 13.6. The zero-order chi connectivity index (χ0) is 24.3. The summed E-state index contributed by atoms with van der Waals surface area (Å²) in [6, 6.07) is -0.632. The molecule has 9 nitrogen and oxygen atoms in total. The fraction of sp³-hybridized carbons (Fsp3) is 0.696. The minimum Gasteiger partial charge on any atom is -0.477 e. The number of aryl methyl sites for hydroxylation is 1. The first-order valence-corrected chi connectivity index (χ1v) is 13.3. The number of allylic oxidation sites excluding steroid dienone is 2. The number of hydrogen-bond donors (Lipinski definition) is 2. The molecular formula is C23H37N5O4S. The second kappa shape index (κ2) is 10.3. The van der Waals surface area contributed by atoms with Crippen molar-refractivity contribution in [2.75, 3.05) is 6.61 Å². The summed E-state index contributed by atoms with van der Waals surface area (Å²) in [6.07, 6.45) is 4.67. The van der Waals surface area contributed by atoms with Crippen molar-refractivity contribution in [3.8, 4) is 5.88 Å². The van der Waals surface area contributed by atoms with Crippen molar-refractivity contribution in [2.24, 2.45) is 22.7 Å². The first kappa shape index (κ1) is 25.3. The molecule has 2 N–H and O–H groups in total. The Morgan fingerprint density at radius 3 is 2.58 bits per heavy atom. The topological polar surface area (TPSA) is 115 Å². The van der Waals surface area contributed by atoms with Gasteiger partial charge in [0.05, 0.1) is 30.3 Å². The average molecular weight is 480 g/mol. The summed E-state index contributed by atoms with van der Waals surface area (Å²) in [5.41, 5.74) is 2.56. The van der Waals surface area contributed by atoms with Crippen molar-refractivity contribution in [1.29, 1.82) is 0 Å². The third-order valence-electron chi connectivity index (χ3n) is 5.90. The minimum atomic E-state index is -4.15. The summed E-state index contributed by atoms with van der Waals surface area (Å²) in [7, 11) is -4.15. The highest BCUT2D eigenvalue weighted by atomic mass is 32.2. The quantitative estimate of drug-likeness (QED) is 0.616. The highest BCUT2D eigenvalue weighted by Gasteiger charge is 2.30. The number of hydrogen-bond acceptors (Lipinski definition) is 6. The fourth-order valence-corrected chi connectivity index (χ4v) is 5.34. The number of fused-ring (bicyclic) bond motifs is 1. The molecule has 2 aliphatic heterocycles. The summed E-state index contributed by atoms with van der Waals surface area (Å²) >= 11 is 0. The number of rotatable bonds is 7. The van der Waals surface area contributed by atoms with Gasteiger partial charge in [-0.1, -0.05) is 41.5 Å². The van der Waals surface area contributed by atoms with Crippen LogP contribution in [0.15, 0.2) is 27.4 Å². The van der Waals surface area contributed by atoms with Crippen LogP contribution in [0.25, 0.3) is 0 Å². The third-order valence-corrected chi connectivity index (χ3v) is 7.21. The molecule has 1 atom stereocenters. The van der Waals surface area contributed by atoms with E-state index in [4.69, 9.17) is 9.73 Å². The van der Waals surface area contributed by atoms with Crippen LogP contribution in [0.3, 0.4) is 0 Å². The third kappa shape index (κ3) is 5.96. The maximum Gasteiger partial charge on any atom is 0.333 e. The molecule has 0 aliphatic carbocycles. The molecule has 0 aromatic carbocycles. The predicted molar refractivity (Wildman–Crippen MR) is 128 cm³/mol. The van der Waals surface area contributed by atoms with Gasteiger partial charge in [0.2, 0.25) is 5.88 Å². The van der Waals surface area contributed by atoms with Crippen LogP contribution in [0.2, 0.25) is 0 Å². The second-order valence-corrected chi connectivity index (χ2v) is 11.5. The Labute approximate surface area is 197 Å². The van der Waals surface area contributed by atoms with Crippen LogP contribution in [0.1, 0.15) is 67.2 Å². The molecule has 10 heteroatoms. The smallest absolute Gasteiger partial charge is 0.333 e. The lowest BCUT2D eigenvalue weighted by Crippen LogP contribution is -2.42. The number of aliphatic imine (C=N–C) groups is 1. The lowest BCUT2D eigenvalue weighted by Gasteiger charge is -2.21. The number of nitrogens with one attached hydrogen (secondary N) is 2. The van der Waals surface area contributed by atoms with E-state index in [1.165, 1.54) is 10.9 Å². The highest BCUT2D eigenvalue weighted by molar-refractivity contribution is 7.90. The van der Waals surface area contributed by atoms with E-state index in [0.717, 1.165) is 37.0 Å². The van der Waals surface area contributed by atoms with E-state index >= 15 is 0 Å². The SMILES string of the molecule is CC(C)CC1CCC(C(C)C)=C(NC(=O)NS(=O)(=O)c2cnn3c2OCCC3)C(C(C)C)=N1. The molecule has 3 heterocycles. The molecule has 0 saturated heterocycles. The Hall–Kier alpha value is -2.36. The minimum absolute atomic E-state index is 0.0783. The van der Waals surface area contributed by atoms with E-state index in [0.29, 0.717) is 24.8 Å². The summed E-state index contributed by atoms with van der Waals surface area (Å²) in [5.74, 6) is 0.949. The van der Waals surface area contributed by atoms with E-state index in [1.807, 2.05) is 13.8 Å². The van der Waals surface area contributed by atoms with Gasteiger partial charge in [-0.25, -0.2) is 22.6 Å². The van der Waals surface area contributed by atoms with Crippen LogP contribution >= 0.6 is 0 Å². The van der Waals surface area contributed by atoms with Gasteiger partial charge in [-0.05, 0) is 42.6 Å². The molecule has 0 spiro atoms. The molecule has 0 fully saturated rings. The number of sulfonamides is 1. The van der Waals surface area contributed by atoms with Crippen LogP contribution in [0.4, 0.5) is 4.79 Å². The highest BCUT2D eigenvalue weighted by Crippen LogP contribution is 2.30. The first-order valence-electron chi connectivity index (χ1n) is 11.8. The van der Waals surface area contributed by atoms with Crippen LogP contribution < -0.4 is 14.8 Å². The van der Waals surface area contributed by atoms with Crippen molar-refractivity contribution >= 4 is 21.8 Å². The zero-order valence-corrected chi connectivity index (χ0v) is 21.3. The van der Waals surface area contributed by atoms with E-state index < -0.39 is 16.1 Å². The van der Waals surface area contributed by atoms with Gasteiger partial charge in [-0.3, -0.25) is 4.99 Å². The van der Waals surface area contributed by atoms with Crippen molar-refractivity contribution in [3.05, 3.63) is 17.5 Å². The molecule has 2 aliphatic rings. The lowest BCUT2D eigenvalue weighted by molar-refractivity contribution is 0.224. The molecule has 2 amide bonds. The van der Waals surface area contributed by atoms with Gasteiger partial charge in [-0.15, -0.1) is 0 Å². The Kier molecular flexibility index (Phi) is 7.87. The maximum absolute atomic E-state index is 12.9. The predicted octanol–water partition coefficient (Wildman–Crippen LogP) is 3.87. The Morgan fingerprint density at radius 1 is 1.21 bits per heavy atom. The van der Waals surface area contributed by atoms with Crippen LogP contribution in [-0.2, 0) is 16.6 Å². The molecule has 1 aromatic heterocycles.